The molecule has 0 saturated heterocycles. The van der Waals surface area contributed by atoms with Crippen LogP contribution in [-0.2, 0) is 12.1 Å². The molecule has 0 aliphatic carbocycles. The van der Waals surface area contributed by atoms with E-state index in [1.165, 1.54) is 5.56 Å². The normalized spacial score (nSPS) is 13.8. The van der Waals surface area contributed by atoms with Gasteiger partial charge in [-0.1, -0.05) is 18.2 Å². The number of hydrogen-bond acceptors (Lipinski definition) is 4. The molecule has 1 atom stereocenters. The quantitative estimate of drug-likeness (QED) is 0.721. The Labute approximate surface area is 146 Å². The second-order valence-electron chi connectivity index (χ2n) is 6.29. The Kier molecular flexibility index (Phi) is 4.85. The standard InChI is InChI=1S/C19H23N3OS/c1-14-18(11-20-13-19(3,23)16-9-10-24-12-16)15(2)22(21-14)17-7-5-4-6-8-17/h4-10,12,20,23H,11,13H2,1-3H3. The van der Waals surface area contributed by atoms with Gasteiger partial charge in [0.15, 0.2) is 0 Å². The molecule has 1 unspecified atom stereocenters. The molecule has 2 heterocycles. The summed E-state index contributed by atoms with van der Waals surface area (Å²) in [5.74, 6) is 0. The predicted octanol–water partition coefficient (Wildman–Crippen LogP) is 3.55. The first-order valence-corrected chi connectivity index (χ1v) is 8.99. The van der Waals surface area contributed by atoms with Gasteiger partial charge in [-0.15, -0.1) is 0 Å². The second-order valence-corrected chi connectivity index (χ2v) is 7.07. The molecule has 2 aromatic heterocycles. The SMILES string of the molecule is Cc1nn(-c2ccccc2)c(C)c1CNCC(C)(O)c1ccsc1. The summed E-state index contributed by atoms with van der Waals surface area (Å²) in [6, 6.07) is 12.1. The van der Waals surface area contributed by atoms with Crippen molar-refractivity contribution in [2.45, 2.75) is 32.9 Å². The highest BCUT2D eigenvalue weighted by Crippen LogP contribution is 2.23. The van der Waals surface area contributed by atoms with Gasteiger partial charge in [-0.2, -0.15) is 16.4 Å². The van der Waals surface area contributed by atoms with Gasteiger partial charge in [0.1, 0.15) is 0 Å². The van der Waals surface area contributed by atoms with Crippen molar-refractivity contribution < 1.29 is 5.11 Å². The fourth-order valence-corrected chi connectivity index (χ4v) is 3.64. The molecule has 0 amide bonds. The molecule has 2 N–H and O–H groups in total. The van der Waals surface area contributed by atoms with Crippen LogP contribution in [0.4, 0.5) is 0 Å². The molecule has 126 valence electrons. The van der Waals surface area contributed by atoms with Crippen LogP contribution in [0, 0.1) is 13.8 Å². The van der Waals surface area contributed by atoms with E-state index < -0.39 is 5.60 Å². The molecule has 5 heteroatoms. The zero-order valence-corrected chi connectivity index (χ0v) is 15.1. The van der Waals surface area contributed by atoms with Gasteiger partial charge >= 0.3 is 0 Å². The molecular weight excluding hydrogens is 318 g/mol. The summed E-state index contributed by atoms with van der Waals surface area (Å²) in [6.07, 6.45) is 0. The number of para-hydroxylation sites is 1. The van der Waals surface area contributed by atoms with Crippen LogP contribution in [0.1, 0.15) is 29.4 Å². The summed E-state index contributed by atoms with van der Waals surface area (Å²) in [5, 5.41) is 22.6. The molecule has 4 nitrogen and oxygen atoms in total. The van der Waals surface area contributed by atoms with Crippen molar-refractivity contribution in [2.75, 3.05) is 6.54 Å². The molecule has 0 aliphatic rings. The number of nitrogens with one attached hydrogen (secondary N) is 1. The van der Waals surface area contributed by atoms with Crippen LogP contribution in [0.3, 0.4) is 0 Å². The number of aryl methyl sites for hydroxylation is 1. The van der Waals surface area contributed by atoms with Crippen molar-refractivity contribution in [2.24, 2.45) is 0 Å². The molecule has 24 heavy (non-hydrogen) atoms. The molecule has 3 rings (SSSR count). The molecule has 0 radical (unpaired) electrons. The number of thiophene rings is 1. The van der Waals surface area contributed by atoms with Crippen LogP contribution in [-0.4, -0.2) is 21.4 Å². The summed E-state index contributed by atoms with van der Waals surface area (Å²) in [4.78, 5) is 0. The topological polar surface area (TPSA) is 50.1 Å². The lowest BCUT2D eigenvalue weighted by molar-refractivity contribution is 0.0571. The van der Waals surface area contributed by atoms with E-state index in [-0.39, 0.29) is 0 Å². The highest BCUT2D eigenvalue weighted by Gasteiger charge is 2.23. The van der Waals surface area contributed by atoms with E-state index in [1.807, 2.05) is 53.6 Å². The van der Waals surface area contributed by atoms with Gasteiger partial charge in [0, 0.05) is 24.3 Å². The number of benzene rings is 1. The third kappa shape index (κ3) is 3.43. The fourth-order valence-electron chi connectivity index (χ4n) is 2.86. The molecule has 1 aromatic carbocycles. The lowest BCUT2D eigenvalue weighted by Gasteiger charge is -2.23. The van der Waals surface area contributed by atoms with Gasteiger partial charge in [-0.3, -0.25) is 0 Å². The molecule has 0 aliphatic heterocycles. The van der Waals surface area contributed by atoms with Gasteiger partial charge in [-0.05, 0) is 55.3 Å². The van der Waals surface area contributed by atoms with Crippen LogP contribution in [0.25, 0.3) is 5.69 Å². The molecule has 0 saturated carbocycles. The monoisotopic (exact) mass is 341 g/mol. The third-order valence-corrected chi connectivity index (χ3v) is 5.04. The fraction of sp³-hybridized carbons (Fsp3) is 0.316. The van der Waals surface area contributed by atoms with Crippen molar-refractivity contribution in [1.29, 1.82) is 0 Å². The van der Waals surface area contributed by atoms with E-state index in [0.717, 1.165) is 22.6 Å². The Balaban J connectivity index is 1.71. The Hall–Kier alpha value is -1.95. The van der Waals surface area contributed by atoms with Gasteiger partial charge in [0.25, 0.3) is 0 Å². The van der Waals surface area contributed by atoms with Crippen LogP contribution in [0.15, 0.2) is 47.2 Å². The molecule has 0 fully saturated rings. The summed E-state index contributed by atoms with van der Waals surface area (Å²) in [6.45, 7) is 7.14. The van der Waals surface area contributed by atoms with E-state index in [4.69, 9.17) is 0 Å². The maximum atomic E-state index is 10.6. The van der Waals surface area contributed by atoms with Crippen molar-refractivity contribution in [1.82, 2.24) is 15.1 Å². The lowest BCUT2D eigenvalue weighted by Crippen LogP contribution is -2.34. The van der Waals surface area contributed by atoms with Crippen molar-refractivity contribution in [3.05, 3.63) is 69.7 Å². The predicted molar refractivity (Wildman–Crippen MR) is 98.6 cm³/mol. The minimum absolute atomic E-state index is 0.499. The summed E-state index contributed by atoms with van der Waals surface area (Å²) < 4.78 is 1.98. The molecule has 3 aromatic rings. The summed E-state index contributed by atoms with van der Waals surface area (Å²) >= 11 is 1.60. The van der Waals surface area contributed by atoms with Crippen LogP contribution >= 0.6 is 11.3 Å². The van der Waals surface area contributed by atoms with Gasteiger partial charge in [0.05, 0.1) is 17.0 Å². The first-order chi connectivity index (χ1) is 11.5. The summed E-state index contributed by atoms with van der Waals surface area (Å²) in [7, 11) is 0. The minimum atomic E-state index is -0.864. The number of nitrogens with zero attached hydrogens (tertiary/aromatic N) is 2. The highest BCUT2D eigenvalue weighted by molar-refractivity contribution is 7.08. The number of aromatic nitrogens is 2. The zero-order valence-electron chi connectivity index (χ0n) is 14.3. The molecule has 0 spiro atoms. The molecule has 0 bridgehead atoms. The number of rotatable bonds is 6. The van der Waals surface area contributed by atoms with Gasteiger partial charge < -0.3 is 10.4 Å². The van der Waals surface area contributed by atoms with Crippen LogP contribution in [0.2, 0.25) is 0 Å². The Bertz CT molecular complexity index is 792. The van der Waals surface area contributed by atoms with E-state index in [2.05, 4.69) is 29.5 Å². The van der Waals surface area contributed by atoms with Gasteiger partial charge in [0.2, 0.25) is 0 Å². The second kappa shape index (κ2) is 6.89. The van der Waals surface area contributed by atoms with Crippen molar-refractivity contribution in [3.63, 3.8) is 0 Å². The number of aliphatic hydroxyl groups is 1. The minimum Gasteiger partial charge on any atom is -0.384 e. The smallest absolute Gasteiger partial charge is 0.1000 e. The largest absolute Gasteiger partial charge is 0.384 e. The zero-order chi connectivity index (χ0) is 17.2. The first-order valence-electron chi connectivity index (χ1n) is 8.05. The van der Waals surface area contributed by atoms with Crippen molar-refractivity contribution >= 4 is 11.3 Å². The van der Waals surface area contributed by atoms with E-state index in [9.17, 15) is 5.11 Å². The lowest BCUT2D eigenvalue weighted by atomic mass is 9.99. The van der Waals surface area contributed by atoms with E-state index in [0.29, 0.717) is 13.1 Å². The van der Waals surface area contributed by atoms with Crippen LogP contribution in [0.5, 0.6) is 0 Å². The molecular formula is C19H23N3OS. The average Bonchev–Trinajstić information content (AvgIpc) is 3.20. The maximum absolute atomic E-state index is 10.6. The number of hydrogen-bond donors (Lipinski definition) is 2. The average molecular weight is 341 g/mol. The maximum Gasteiger partial charge on any atom is 0.1000 e. The highest BCUT2D eigenvalue weighted by atomic mass is 32.1. The first kappa shape index (κ1) is 16.9. The van der Waals surface area contributed by atoms with Crippen LogP contribution < -0.4 is 5.32 Å². The van der Waals surface area contributed by atoms with E-state index in [1.54, 1.807) is 11.3 Å². The Morgan fingerprint density at radius 2 is 1.96 bits per heavy atom. The Morgan fingerprint density at radius 1 is 1.21 bits per heavy atom. The Morgan fingerprint density at radius 3 is 2.62 bits per heavy atom. The van der Waals surface area contributed by atoms with Gasteiger partial charge in [-0.25, -0.2) is 4.68 Å². The van der Waals surface area contributed by atoms with Crippen molar-refractivity contribution in [3.8, 4) is 5.69 Å². The van der Waals surface area contributed by atoms with E-state index >= 15 is 0 Å². The third-order valence-electron chi connectivity index (χ3n) is 4.36. The summed E-state index contributed by atoms with van der Waals surface area (Å²) in [5.41, 5.74) is 4.47.